The zero-order valence-electron chi connectivity index (χ0n) is 5.38. The fourth-order valence-corrected chi connectivity index (χ4v) is 0.680. The number of piperazine rings is 1. The molecule has 0 atom stereocenters. The molecule has 3 amide bonds. The van der Waals surface area contributed by atoms with Crippen LogP contribution in [0.4, 0.5) is 0 Å². The van der Waals surface area contributed by atoms with Crippen LogP contribution in [-0.4, -0.2) is 36.2 Å². The molecule has 1 aliphatic heterocycles. The van der Waals surface area contributed by atoms with Crippen molar-refractivity contribution >= 4 is 17.7 Å². The Labute approximate surface area is 57.0 Å². The molecular weight excluding hydrogens is 136 g/mol. The minimum atomic E-state index is -0.848. The fraction of sp³-hybridized carbons (Fsp3) is 0.400. The maximum Gasteiger partial charge on any atom is 0.316 e. The highest BCUT2D eigenvalue weighted by Crippen LogP contribution is 1.90. The Hall–Kier alpha value is -1.39. The molecule has 0 aliphatic carbocycles. The molecule has 1 fully saturated rings. The van der Waals surface area contributed by atoms with Gasteiger partial charge in [0.05, 0.1) is 0 Å². The smallest absolute Gasteiger partial charge is 0.316 e. The van der Waals surface area contributed by atoms with E-state index < -0.39 is 17.7 Å². The standard InChI is InChI=1S/C5H6N2O3/c1-7-2-3(8)6-4(9)5(7)10/h2H2,1H3,(H,6,8,9). The van der Waals surface area contributed by atoms with Gasteiger partial charge in [-0.2, -0.15) is 0 Å². The molecule has 10 heavy (non-hydrogen) atoms. The Morgan fingerprint density at radius 1 is 1.40 bits per heavy atom. The van der Waals surface area contributed by atoms with Crippen molar-refractivity contribution in [3.8, 4) is 0 Å². The van der Waals surface area contributed by atoms with E-state index in [-0.39, 0.29) is 6.54 Å². The average Bonchev–Trinajstić information content (AvgIpc) is 1.82. The van der Waals surface area contributed by atoms with Gasteiger partial charge in [0.2, 0.25) is 5.91 Å². The highest BCUT2D eigenvalue weighted by Gasteiger charge is 2.27. The van der Waals surface area contributed by atoms with Crippen LogP contribution in [0.2, 0.25) is 0 Å². The Morgan fingerprint density at radius 2 is 2.00 bits per heavy atom. The molecule has 1 saturated heterocycles. The van der Waals surface area contributed by atoms with Gasteiger partial charge < -0.3 is 4.90 Å². The van der Waals surface area contributed by atoms with Gasteiger partial charge in [0.25, 0.3) is 0 Å². The number of carbonyl (C=O) groups excluding carboxylic acids is 3. The Kier molecular flexibility index (Phi) is 1.41. The van der Waals surface area contributed by atoms with E-state index in [2.05, 4.69) is 0 Å². The lowest BCUT2D eigenvalue weighted by Crippen LogP contribution is -2.53. The van der Waals surface area contributed by atoms with Crippen LogP contribution in [0.1, 0.15) is 0 Å². The number of nitrogens with zero attached hydrogens (tertiary/aromatic N) is 1. The quantitative estimate of drug-likeness (QED) is 0.317. The van der Waals surface area contributed by atoms with E-state index in [1.807, 2.05) is 5.32 Å². The van der Waals surface area contributed by atoms with Crippen LogP contribution in [0.25, 0.3) is 0 Å². The van der Waals surface area contributed by atoms with Gasteiger partial charge in [-0.1, -0.05) is 0 Å². The van der Waals surface area contributed by atoms with Crippen LogP contribution in [-0.2, 0) is 14.4 Å². The predicted octanol–water partition coefficient (Wildman–Crippen LogP) is -1.90. The summed E-state index contributed by atoms with van der Waals surface area (Å²) in [7, 11) is 1.40. The van der Waals surface area contributed by atoms with E-state index in [0.717, 1.165) is 4.90 Å². The van der Waals surface area contributed by atoms with Gasteiger partial charge in [0.1, 0.15) is 6.54 Å². The van der Waals surface area contributed by atoms with E-state index in [9.17, 15) is 14.4 Å². The predicted molar refractivity (Wildman–Crippen MR) is 30.8 cm³/mol. The second-order valence-electron chi connectivity index (χ2n) is 2.04. The number of imide groups is 1. The number of rotatable bonds is 0. The van der Waals surface area contributed by atoms with E-state index in [1.54, 1.807) is 0 Å². The molecule has 0 saturated carbocycles. The zero-order chi connectivity index (χ0) is 7.72. The minimum absolute atomic E-state index is 0.0371. The normalized spacial score (nSPS) is 19.3. The molecule has 1 aliphatic rings. The van der Waals surface area contributed by atoms with Crippen LogP contribution < -0.4 is 5.32 Å². The summed E-state index contributed by atoms with van der Waals surface area (Å²) in [5.74, 6) is -1.95. The van der Waals surface area contributed by atoms with Crippen LogP contribution in [0.15, 0.2) is 0 Å². The van der Waals surface area contributed by atoms with Crippen LogP contribution in [0.3, 0.4) is 0 Å². The first-order valence-corrected chi connectivity index (χ1v) is 2.70. The Balaban J connectivity index is 2.76. The van der Waals surface area contributed by atoms with Crippen molar-refractivity contribution in [2.75, 3.05) is 13.6 Å². The molecule has 0 aromatic heterocycles. The maximum absolute atomic E-state index is 10.6. The number of amides is 3. The molecule has 0 unspecified atom stereocenters. The molecule has 54 valence electrons. The van der Waals surface area contributed by atoms with Crippen LogP contribution >= 0.6 is 0 Å². The summed E-state index contributed by atoms with van der Waals surface area (Å²) >= 11 is 0. The first-order chi connectivity index (χ1) is 4.61. The molecule has 5 heteroatoms. The molecule has 0 aromatic rings. The highest BCUT2D eigenvalue weighted by atomic mass is 16.2. The number of hydrogen-bond acceptors (Lipinski definition) is 3. The Morgan fingerprint density at radius 3 is 2.50 bits per heavy atom. The van der Waals surface area contributed by atoms with Crippen molar-refractivity contribution in [2.45, 2.75) is 0 Å². The lowest BCUT2D eigenvalue weighted by Gasteiger charge is -2.19. The SMILES string of the molecule is CN1CC(=O)NC(=O)C1=O. The van der Waals surface area contributed by atoms with E-state index in [1.165, 1.54) is 7.05 Å². The van der Waals surface area contributed by atoms with Gasteiger partial charge in [0, 0.05) is 7.05 Å². The molecular formula is C5H6N2O3. The number of nitrogens with one attached hydrogen (secondary N) is 1. The van der Waals surface area contributed by atoms with Gasteiger partial charge >= 0.3 is 11.8 Å². The van der Waals surface area contributed by atoms with Crippen molar-refractivity contribution in [2.24, 2.45) is 0 Å². The summed E-state index contributed by atoms with van der Waals surface area (Å²) in [6.45, 7) is -0.0371. The monoisotopic (exact) mass is 142 g/mol. The average molecular weight is 142 g/mol. The van der Waals surface area contributed by atoms with Gasteiger partial charge in [-0.25, -0.2) is 0 Å². The number of carbonyl (C=O) groups is 3. The molecule has 1 N–H and O–H groups in total. The molecule has 0 spiro atoms. The largest absolute Gasteiger partial charge is 0.328 e. The maximum atomic E-state index is 10.6. The highest BCUT2D eigenvalue weighted by molar-refractivity contribution is 6.39. The Bertz CT molecular complexity index is 211. The van der Waals surface area contributed by atoms with Crippen molar-refractivity contribution in [1.29, 1.82) is 0 Å². The zero-order valence-corrected chi connectivity index (χ0v) is 5.38. The van der Waals surface area contributed by atoms with Crippen molar-refractivity contribution < 1.29 is 14.4 Å². The van der Waals surface area contributed by atoms with Gasteiger partial charge in [-0.05, 0) is 0 Å². The molecule has 0 bridgehead atoms. The second kappa shape index (κ2) is 2.09. The van der Waals surface area contributed by atoms with E-state index in [0.29, 0.717) is 0 Å². The van der Waals surface area contributed by atoms with Gasteiger partial charge in [-0.15, -0.1) is 0 Å². The first-order valence-electron chi connectivity index (χ1n) is 2.70. The third kappa shape index (κ3) is 0.975. The molecule has 5 nitrogen and oxygen atoms in total. The van der Waals surface area contributed by atoms with E-state index >= 15 is 0 Å². The molecule has 0 radical (unpaired) electrons. The fourth-order valence-electron chi connectivity index (χ4n) is 0.680. The van der Waals surface area contributed by atoms with Crippen molar-refractivity contribution in [3.63, 3.8) is 0 Å². The topological polar surface area (TPSA) is 66.5 Å². The van der Waals surface area contributed by atoms with Crippen molar-refractivity contribution in [1.82, 2.24) is 10.2 Å². The summed E-state index contributed by atoms with van der Waals surface area (Å²) in [5.41, 5.74) is 0. The van der Waals surface area contributed by atoms with Crippen LogP contribution in [0.5, 0.6) is 0 Å². The van der Waals surface area contributed by atoms with Crippen molar-refractivity contribution in [3.05, 3.63) is 0 Å². The summed E-state index contributed by atoms with van der Waals surface area (Å²) in [5, 5.41) is 1.89. The molecule has 1 rings (SSSR count). The number of hydrogen-bond donors (Lipinski definition) is 1. The number of likely N-dealkylation sites (N-methyl/N-ethyl adjacent to an activating group) is 1. The summed E-state index contributed by atoms with van der Waals surface area (Å²) < 4.78 is 0. The molecule has 0 aromatic carbocycles. The lowest BCUT2D eigenvalue weighted by atomic mass is 10.3. The summed E-state index contributed by atoms with van der Waals surface area (Å²) in [6.07, 6.45) is 0. The third-order valence-corrected chi connectivity index (χ3v) is 1.17. The van der Waals surface area contributed by atoms with Gasteiger partial charge in [0.15, 0.2) is 0 Å². The van der Waals surface area contributed by atoms with Gasteiger partial charge in [-0.3, -0.25) is 19.7 Å². The summed E-state index contributed by atoms with van der Waals surface area (Å²) in [6, 6.07) is 0. The second-order valence-corrected chi connectivity index (χ2v) is 2.04. The summed E-state index contributed by atoms with van der Waals surface area (Å²) in [4.78, 5) is 32.7. The first kappa shape index (κ1) is 6.73. The minimum Gasteiger partial charge on any atom is -0.328 e. The van der Waals surface area contributed by atoms with Crippen LogP contribution in [0, 0.1) is 0 Å². The lowest BCUT2D eigenvalue weighted by molar-refractivity contribution is -0.151. The third-order valence-electron chi connectivity index (χ3n) is 1.17. The van der Waals surface area contributed by atoms with E-state index in [4.69, 9.17) is 0 Å². The molecule has 1 heterocycles.